The summed E-state index contributed by atoms with van der Waals surface area (Å²) in [5.41, 5.74) is -1.29. The summed E-state index contributed by atoms with van der Waals surface area (Å²) in [4.78, 5) is 25.6. The largest absolute Gasteiger partial charge is 0.465 e. The van der Waals surface area contributed by atoms with E-state index in [4.69, 9.17) is 10.1 Å². The Hall–Kier alpha value is -3.69. The van der Waals surface area contributed by atoms with Crippen molar-refractivity contribution in [2.45, 2.75) is 49.7 Å². The van der Waals surface area contributed by atoms with Gasteiger partial charge in [0.2, 0.25) is 5.91 Å². The van der Waals surface area contributed by atoms with Crippen molar-refractivity contribution in [1.82, 2.24) is 5.32 Å². The fourth-order valence-corrected chi connectivity index (χ4v) is 4.21. The number of hydrogen-bond acceptors (Lipinski definition) is 5. The molecule has 0 saturated heterocycles. The van der Waals surface area contributed by atoms with Gasteiger partial charge in [-0.3, -0.25) is 4.79 Å². The van der Waals surface area contributed by atoms with E-state index in [9.17, 15) is 27.2 Å². The van der Waals surface area contributed by atoms with Gasteiger partial charge in [-0.2, -0.15) is 13.2 Å². The molecule has 36 heavy (non-hydrogen) atoms. The molecule has 0 spiro atoms. The van der Waals surface area contributed by atoms with Gasteiger partial charge in [-0.15, -0.1) is 0 Å². The minimum Gasteiger partial charge on any atom is -0.465 e. The predicted molar refractivity (Wildman–Crippen MR) is 126 cm³/mol. The maximum absolute atomic E-state index is 14.6. The summed E-state index contributed by atoms with van der Waals surface area (Å²) in [6.07, 6.45) is 1.82. The number of halogens is 4. The highest BCUT2D eigenvalue weighted by atomic mass is 19.4. The number of carbonyl (C=O) groups excluding carboxylic acids is 2. The topological polar surface area (TPSA) is 91.3 Å². The van der Waals surface area contributed by atoms with Crippen LogP contribution < -0.4 is 10.6 Å². The first-order valence-electron chi connectivity index (χ1n) is 11.5. The highest BCUT2D eigenvalue weighted by Gasteiger charge is 2.53. The summed E-state index contributed by atoms with van der Waals surface area (Å²) in [6, 6.07) is 7.00. The summed E-state index contributed by atoms with van der Waals surface area (Å²) < 4.78 is 58.2. The van der Waals surface area contributed by atoms with E-state index >= 15 is 0 Å². The molecule has 0 bridgehead atoms. The second kappa shape index (κ2) is 9.75. The van der Waals surface area contributed by atoms with Gasteiger partial charge in [0.15, 0.2) is 0 Å². The standard InChI is InChI=1S/C26H25F4N3O3/c1-36-23(34)20-12-18(6-7-19(20)15(13-31)14-32-17-3-2-4-17)33-24(35)25(9-10-25)21-8-5-16(11-22(21)27)26(28,29)30/h5-8,11-14,17,31-32H,2-4,9-10H2,1H3,(H,33,35)/b15-14+,31-13?. The molecule has 2 aromatic rings. The third-order valence-corrected chi connectivity index (χ3v) is 6.73. The van der Waals surface area contributed by atoms with Gasteiger partial charge in [0.05, 0.1) is 23.7 Å². The predicted octanol–water partition coefficient (Wildman–Crippen LogP) is 5.43. The first-order valence-corrected chi connectivity index (χ1v) is 11.5. The van der Waals surface area contributed by atoms with Gasteiger partial charge in [0.25, 0.3) is 0 Å². The minimum atomic E-state index is -4.69. The summed E-state index contributed by atoms with van der Waals surface area (Å²) in [5.74, 6) is -2.35. The Balaban J connectivity index is 1.59. The van der Waals surface area contributed by atoms with Gasteiger partial charge < -0.3 is 20.8 Å². The number of amides is 1. The van der Waals surface area contributed by atoms with Gasteiger partial charge in [0, 0.05) is 35.3 Å². The molecule has 2 aliphatic carbocycles. The van der Waals surface area contributed by atoms with E-state index in [2.05, 4.69) is 10.6 Å². The first kappa shape index (κ1) is 25.4. The summed E-state index contributed by atoms with van der Waals surface area (Å²) in [5, 5.41) is 13.7. The average Bonchev–Trinajstić information content (AvgIpc) is 3.61. The molecule has 3 N–H and O–H groups in total. The van der Waals surface area contributed by atoms with Gasteiger partial charge in [-0.25, -0.2) is 9.18 Å². The molecule has 0 radical (unpaired) electrons. The van der Waals surface area contributed by atoms with Crippen LogP contribution in [-0.2, 0) is 21.1 Å². The molecule has 6 nitrogen and oxygen atoms in total. The Kier molecular flexibility index (Phi) is 6.88. The second-order valence-corrected chi connectivity index (χ2v) is 9.02. The molecule has 2 aliphatic rings. The molecule has 1 amide bonds. The summed E-state index contributed by atoms with van der Waals surface area (Å²) >= 11 is 0. The molecule has 2 saturated carbocycles. The van der Waals surface area contributed by atoms with Gasteiger partial charge in [-0.1, -0.05) is 12.1 Å². The van der Waals surface area contributed by atoms with E-state index in [1.807, 2.05) is 0 Å². The van der Waals surface area contributed by atoms with Crippen LogP contribution in [-0.4, -0.2) is 31.2 Å². The van der Waals surface area contributed by atoms with Crippen LogP contribution in [0.15, 0.2) is 42.6 Å². The van der Waals surface area contributed by atoms with Gasteiger partial charge in [0.1, 0.15) is 5.82 Å². The molecule has 0 atom stereocenters. The Labute approximate surface area is 205 Å². The SMILES string of the molecule is COC(=O)c1cc(NC(=O)C2(c3ccc(C(F)(F)F)cc3F)CC2)ccc1/C(C=N)=C/NC1CCC1. The van der Waals surface area contributed by atoms with Crippen LogP contribution in [0.3, 0.4) is 0 Å². The number of benzene rings is 2. The van der Waals surface area contributed by atoms with E-state index in [0.717, 1.165) is 37.6 Å². The molecular weight excluding hydrogens is 478 g/mol. The maximum Gasteiger partial charge on any atom is 0.416 e. The number of nitrogens with one attached hydrogen (secondary N) is 3. The Morgan fingerprint density at radius 1 is 1.11 bits per heavy atom. The zero-order chi connectivity index (χ0) is 26.1. The fraction of sp³-hybridized carbons (Fsp3) is 0.346. The van der Waals surface area contributed by atoms with Crippen molar-refractivity contribution in [1.29, 1.82) is 5.41 Å². The van der Waals surface area contributed by atoms with Crippen LogP contribution >= 0.6 is 0 Å². The lowest BCUT2D eigenvalue weighted by molar-refractivity contribution is -0.137. The second-order valence-electron chi connectivity index (χ2n) is 9.02. The molecule has 4 rings (SSSR count). The number of allylic oxidation sites excluding steroid dienone is 1. The fourth-order valence-electron chi connectivity index (χ4n) is 4.21. The molecule has 2 aromatic carbocycles. The lowest BCUT2D eigenvalue weighted by Crippen LogP contribution is -2.31. The molecule has 0 heterocycles. The van der Waals surface area contributed by atoms with Gasteiger partial charge >= 0.3 is 12.1 Å². The molecule has 2 fully saturated rings. The summed E-state index contributed by atoms with van der Waals surface area (Å²) in [6.45, 7) is 0. The molecule has 0 aromatic heterocycles. The average molecular weight is 503 g/mol. The van der Waals surface area contributed by atoms with Crippen LogP contribution in [0.2, 0.25) is 0 Å². The normalized spacial score (nSPS) is 17.1. The third kappa shape index (κ3) is 4.98. The number of ether oxygens (including phenoxy) is 1. The van der Waals surface area contributed by atoms with E-state index in [-0.39, 0.29) is 29.7 Å². The zero-order valence-electron chi connectivity index (χ0n) is 19.5. The number of rotatable bonds is 8. The Morgan fingerprint density at radius 3 is 2.36 bits per heavy atom. The smallest absolute Gasteiger partial charge is 0.416 e. The van der Waals surface area contributed by atoms with E-state index in [1.165, 1.54) is 13.2 Å². The van der Waals surface area contributed by atoms with E-state index in [1.54, 1.807) is 18.3 Å². The number of carbonyl (C=O) groups is 2. The highest BCUT2D eigenvalue weighted by Crippen LogP contribution is 2.50. The van der Waals surface area contributed by atoms with Crippen LogP contribution in [0.5, 0.6) is 0 Å². The quantitative estimate of drug-likeness (QED) is 0.254. The monoisotopic (exact) mass is 503 g/mol. The van der Waals surface area contributed by atoms with Crippen molar-refractivity contribution in [3.05, 3.63) is 70.7 Å². The lowest BCUT2D eigenvalue weighted by Gasteiger charge is -2.26. The molecule has 10 heteroatoms. The van der Waals surface area contributed by atoms with Crippen molar-refractivity contribution in [2.24, 2.45) is 0 Å². The van der Waals surface area contributed by atoms with Crippen molar-refractivity contribution >= 4 is 29.4 Å². The Morgan fingerprint density at radius 2 is 1.83 bits per heavy atom. The van der Waals surface area contributed by atoms with Crippen molar-refractivity contribution in [2.75, 3.05) is 12.4 Å². The van der Waals surface area contributed by atoms with Crippen LogP contribution in [0, 0.1) is 11.2 Å². The van der Waals surface area contributed by atoms with Gasteiger partial charge in [-0.05, 0) is 61.9 Å². The van der Waals surface area contributed by atoms with Crippen molar-refractivity contribution in [3.8, 4) is 0 Å². The van der Waals surface area contributed by atoms with Crippen LogP contribution in [0.4, 0.5) is 23.2 Å². The molecule has 0 aliphatic heterocycles. The molecule has 0 unspecified atom stereocenters. The number of alkyl halides is 3. The highest BCUT2D eigenvalue weighted by molar-refractivity contribution is 6.13. The van der Waals surface area contributed by atoms with E-state index < -0.39 is 34.8 Å². The zero-order valence-corrected chi connectivity index (χ0v) is 19.5. The first-order chi connectivity index (χ1) is 17.1. The van der Waals surface area contributed by atoms with Crippen molar-refractivity contribution < 1.29 is 31.9 Å². The number of hydrogen-bond donors (Lipinski definition) is 3. The van der Waals surface area contributed by atoms with Crippen molar-refractivity contribution in [3.63, 3.8) is 0 Å². The molecule has 190 valence electrons. The number of esters is 1. The summed E-state index contributed by atoms with van der Waals surface area (Å²) in [7, 11) is 1.21. The third-order valence-electron chi connectivity index (χ3n) is 6.73. The lowest BCUT2D eigenvalue weighted by atomic mass is 9.92. The number of methoxy groups -OCH3 is 1. The van der Waals surface area contributed by atoms with E-state index in [0.29, 0.717) is 23.2 Å². The Bertz CT molecular complexity index is 1230. The minimum absolute atomic E-state index is 0.103. The maximum atomic E-state index is 14.6. The van der Waals surface area contributed by atoms with Crippen LogP contribution in [0.25, 0.3) is 5.57 Å². The number of anilines is 1. The molecular formula is C26H25F4N3O3. The van der Waals surface area contributed by atoms with Crippen LogP contribution in [0.1, 0.15) is 59.2 Å².